The van der Waals surface area contributed by atoms with Gasteiger partial charge in [0.15, 0.2) is 17.3 Å². The SMILES string of the molecule is O=C(c1ccccc1Br)N1CCN(c2ccc(-c3ccc4c(c3)OCO4)nn2)CC1. The van der Waals surface area contributed by atoms with Gasteiger partial charge in [-0.3, -0.25) is 4.79 Å². The molecule has 0 N–H and O–H groups in total. The largest absolute Gasteiger partial charge is 0.454 e. The van der Waals surface area contributed by atoms with E-state index in [9.17, 15) is 4.79 Å². The van der Waals surface area contributed by atoms with E-state index in [1.54, 1.807) is 0 Å². The summed E-state index contributed by atoms with van der Waals surface area (Å²) in [5.41, 5.74) is 2.40. The van der Waals surface area contributed by atoms with E-state index < -0.39 is 0 Å². The molecule has 8 heteroatoms. The molecule has 3 heterocycles. The lowest BCUT2D eigenvalue weighted by molar-refractivity contribution is 0.0745. The van der Waals surface area contributed by atoms with Crippen molar-refractivity contribution in [3.8, 4) is 22.8 Å². The number of nitrogens with zero attached hydrogens (tertiary/aromatic N) is 4. The molecule has 0 bridgehead atoms. The molecular formula is C22H19BrN4O3. The Morgan fingerprint density at radius 3 is 2.47 bits per heavy atom. The first-order valence-electron chi connectivity index (χ1n) is 9.71. The van der Waals surface area contributed by atoms with Gasteiger partial charge in [-0.25, -0.2) is 0 Å². The highest BCUT2D eigenvalue weighted by molar-refractivity contribution is 9.10. The van der Waals surface area contributed by atoms with E-state index in [4.69, 9.17) is 9.47 Å². The van der Waals surface area contributed by atoms with Crippen molar-refractivity contribution in [2.75, 3.05) is 37.9 Å². The number of halogens is 1. The molecule has 0 spiro atoms. The van der Waals surface area contributed by atoms with Crippen LogP contribution in [-0.4, -0.2) is 54.0 Å². The van der Waals surface area contributed by atoms with Crippen molar-refractivity contribution in [3.63, 3.8) is 0 Å². The maximum absolute atomic E-state index is 12.8. The fourth-order valence-electron chi connectivity index (χ4n) is 3.65. The number of aromatic nitrogens is 2. The summed E-state index contributed by atoms with van der Waals surface area (Å²) in [4.78, 5) is 16.8. The Balaban J connectivity index is 1.24. The number of amides is 1. The highest BCUT2D eigenvalue weighted by atomic mass is 79.9. The quantitative estimate of drug-likeness (QED) is 0.587. The second kappa shape index (κ2) is 7.95. The fourth-order valence-corrected chi connectivity index (χ4v) is 4.10. The number of carbonyl (C=O) groups excluding carboxylic acids is 1. The van der Waals surface area contributed by atoms with Crippen LogP contribution in [0.2, 0.25) is 0 Å². The zero-order chi connectivity index (χ0) is 20.5. The Labute approximate surface area is 182 Å². The predicted molar refractivity (Wildman–Crippen MR) is 116 cm³/mol. The van der Waals surface area contributed by atoms with Crippen molar-refractivity contribution < 1.29 is 14.3 Å². The molecule has 30 heavy (non-hydrogen) atoms. The van der Waals surface area contributed by atoms with Gasteiger partial charge >= 0.3 is 0 Å². The average Bonchev–Trinajstić information content (AvgIpc) is 3.27. The molecule has 1 saturated heterocycles. The summed E-state index contributed by atoms with van der Waals surface area (Å²) in [7, 11) is 0. The van der Waals surface area contributed by atoms with Gasteiger partial charge in [0.05, 0.1) is 11.3 Å². The second-order valence-electron chi connectivity index (χ2n) is 7.10. The van der Waals surface area contributed by atoms with Gasteiger partial charge in [-0.1, -0.05) is 12.1 Å². The summed E-state index contributed by atoms with van der Waals surface area (Å²) < 4.78 is 11.6. The van der Waals surface area contributed by atoms with Crippen LogP contribution in [0.15, 0.2) is 59.1 Å². The van der Waals surface area contributed by atoms with Crippen LogP contribution in [0.4, 0.5) is 5.82 Å². The highest BCUT2D eigenvalue weighted by Crippen LogP contribution is 2.35. The molecule has 2 aliphatic rings. The van der Waals surface area contributed by atoms with Crippen LogP contribution >= 0.6 is 15.9 Å². The molecule has 7 nitrogen and oxygen atoms in total. The zero-order valence-electron chi connectivity index (χ0n) is 16.1. The maximum atomic E-state index is 12.8. The number of hydrogen-bond donors (Lipinski definition) is 0. The van der Waals surface area contributed by atoms with Crippen molar-refractivity contribution in [3.05, 3.63) is 64.6 Å². The average molecular weight is 467 g/mol. The standard InChI is InChI=1S/C22H19BrN4O3/c23-17-4-2-1-3-16(17)22(28)27-11-9-26(10-12-27)21-8-6-18(24-25-21)15-5-7-19-20(13-15)30-14-29-19/h1-8,13H,9-12,14H2. The van der Waals surface area contributed by atoms with Gasteiger partial charge in [0, 0.05) is 36.2 Å². The molecule has 2 aliphatic heterocycles. The number of hydrogen-bond acceptors (Lipinski definition) is 6. The van der Waals surface area contributed by atoms with Gasteiger partial charge in [0.1, 0.15) is 0 Å². The number of carbonyl (C=O) groups is 1. The van der Waals surface area contributed by atoms with Crippen molar-refractivity contribution in [2.24, 2.45) is 0 Å². The number of ether oxygens (including phenoxy) is 2. The lowest BCUT2D eigenvalue weighted by atomic mass is 10.1. The first kappa shape index (κ1) is 18.9. The summed E-state index contributed by atoms with van der Waals surface area (Å²) >= 11 is 3.46. The van der Waals surface area contributed by atoms with E-state index >= 15 is 0 Å². The van der Waals surface area contributed by atoms with E-state index in [0.29, 0.717) is 31.7 Å². The molecular weight excluding hydrogens is 448 g/mol. The smallest absolute Gasteiger partial charge is 0.255 e. The molecule has 1 amide bonds. The number of rotatable bonds is 3. The summed E-state index contributed by atoms with van der Waals surface area (Å²) in [5.74, 6) is 2.33. The Bertz CT molecular complexity index is 1080. The molecule has 0 radical (unpaired) electrons. The summed E-state index contributed by atoms with van der Waals surface area (Å²) in [6.07, 6.45) is 0. The fraction of sp³-hybridized carbons (Fsp3) is 0.227. The molecule has 0 aliphatic carbocycles. The molecule has 0 saturated carbocycles. The Morgan fingerprint density at radius 1 is 0.900 bits per heavy atom. The number of anilines is 1. The van der Waals surface area contributed by atoms with Crippen LogP contribution in [0, 0.1) is 0 Å². The Morgan fingerprint density at radius 2 is 1.70 bits per heavy atom. The second-order valence-corrected chi connectivity index (χ2v) is 7.96. The van der Waals surface area contributed by atoms with Crippen LogP contribution in [0.1, 0.15) is 10.4 Å². The van der Waals surface area contributed by atoms with Crippen molar-refractivity contribution >= 4 is 27.7 Å². The van der Waals surface area contributed by atoms with Crippen LogP contribution in [0.3, 0.4) is 0 Å². The number of fused-ring (bicyclic) bond motifs is 1. The summed E-state index contributed by atoms with van der Waals surface area (Å²) in [6, 6.07) is 17.2. The van der Waals surface area contributed by atoms with Gasteiger partial charge in [-0.2, -0.15) is 0 Å². The van der Waals surface area contributed by atoms with Crippen molar-refractivity contribution in [1.82, 2.24) is 15.1 Å². The molecule has 2 aromatic carbocycles. The third-order valence-corrected chi connectivity index (χ3v) is 6.01. The predicted octanol–water partition coefficient (Wildman–Crippen LogP) is 3.60. The lowest BCUT2D eigenvalue weighted by Crippen LogP contribution is -2.49. The molecule has 0 unspecified atom stereocenters. The lowest BCUT2D eigenvalue weighted by Gasteiger charge is -2.35. The Hall–Kier alpha value is -3.13. The molecule has 1 fully saturated rings. The molecule has 5 rings (SSSR count). The minimum atomic E-state index is 0.0476. The normalized spacial score (nSPS) is 15.4. The molecule has 3 aromatic rings. The number of piperazine rings is 1. The van der Waals surface area contributed by atoms with E-state index in [2.05, 4.69) is 31.0 Å². The highest BCUT2D eigenvalue weighted by Gasteiger charge is 2.24. The van der Waals surface area contributed by atoms with E-state index in [1.807, 2.05) is 59.5 Å². The molecule has 152 valence electrons. The summed E-state index contributed by atoms with van der Waals surface area (Å²) in [6.45, 7) is 2.97. The molecule has 1 aromatic heterocycles. The third kappa shape index (κ3) is 3.59. The summed E-state index contributed by atoms with van der Waals surface area (Å²) in [5, 5.41) is 8.80. The molecule has 0 atom stereocenters. The van der Waals surface area contributed by atoms with Gasteiger partial charge in [-0.05, 0) is 58.4 Å². The Kier molecular flexibility index (Phi) is 5.00. The van der Waals surface area contributed by atoms with Crippen LogP contribution < -0.4 is 14.4 Å². The van der Waals surface area contributed by atoms with Crippen molar-refractivity contribution in [2.45, 2.75) is 0 Å². The maximum Gasteiger partial charge on any atom is 0.255 e. The zero-order valence-corrected chi connectivity index (χ0v) is 17.7. The van der Waals surface area contributed by atoms with Gasteiger partial charge in [0.25, 0.3) is 5.91 Å². The first-order valence-corrected chi connectivity index (χ1v) is 10.5. The van der Waals surface area contributed by atoms with Crippen LogP contribution in [-0.2, 0) is 0 Å². The number of benzene rings is 2. The minimum Gasteiger partial charge on any atom is -0.454 e. The third-order valence-electron chi connectivity index (χ3n) is 5.31. The van der Waals surface area contributed by atoms with Gasteiger partial charge in [0.2, 0.25) is 6.79 Å². The van der Waals surface area contributed by atoms with Crippen LogP contribution in [0.5, 0.6) is 11.5 Å². The monoisotopic (exact) mass is 466 g/mol. The van der Waals surface area contributed by atoms with E-state index in [0.717, 1.165) is 33.0 Å². The topological polar surface area (TPSA) is 67.8 Å². The van der Waals surface area contributed by atoms with Gasteiger partial charge < -0.3 is 19.3 Å². The van der Waals surface area contributed by atoms with Crippen LogP contribution in [0.25, 0.3) is 11.3 Å². The first-order chi connectivity index (χ1) is 14.7. The minimum absolute atomic E-state index is 0.0476. The van der Waals surface area contributed by atoms with Crippen molar-refractivity contribution in [1.29, 1.82) is 0 Å². The van der Waals surface area contributed by atoms with Gasteiger partial charge in [-0.15, -0.1) is 10.2 Å². The van der Waals surface area contributed by atoms with E-state index in [1.165, 1.54) is 0 Å². The van der Waals surface area contributed by atoms with E-state index in [-0.39, 0.29) is 12.7 Å².